The number of piperazine rings is 1. The van der Waals surface area contributed by atoms with Gasteiger partial charge < -0.3 is 10.2 Å². The molecule has 1 aliphatic heterocycles. The van der Waals surface area contributed by atoms with Gasteiger partial charge in [0.05, 0.1) is 5.75 Å². The average molecular weight is 474 g/mol. The van der Waals surface area contributed by atoms with Crippen molar-refractivity contribution in [2.75, 3.05) is 31.9 Å². The molecule has 8 heteroatoms. The van der Waals surface area contributed by atoms with Gasteiger partial charge in [-0.1, -0.05) is 12.1 Å². The number of hydrogen-bond donors (Lipinski definition) is 1. The molecule has 33 heavy (non-hydrogen) atoms. The Kier molecular flexibility index (Phi) is 6.02. The van der Waals surface area contributed by atoms with Crippen molar-refractivity contribution >= 4 is 21.8 Å². The van der Waals surface area contributed by atoms with Crippen LogP contribution in [0, 0.1) is 23.2 Å². The number of nitrogens with zero attached hydrogens (tertiary/aromatic N) is 2. The predicted octanol–water partition coefficient (Wildman–Crippen LogP) is 2.63. The van der Waals surface area contributed by atoms with Crippen LogP contribution in [0.1, 0.15) is 61.4 Å². The molecule has 4 aliphatic carbocycles. The van der Waals surface area contributed by atoms with E-state index in [4.69, 9.17) is 0 Å². The molecule has 0 atom stereocenters. The first-order valence-electron chi connectivity index (χ1n) is 12.4. The van der Waals surface area contributed by atoms with E-state index in [2.05, 4.69) is 5.32 Å². The molecule has 5 fully saturated rings. The topological polar surface area (TPSA) is 86.8 Å². The SMILES string of the molecule is CCS(=O)(=O)N1CCN(C(=O)c2ccc(CNC(=O)C34CC5CC(CC(C5)C3)C4)cc2)CC1. The lowest BCUT2D eigenvalue weighted by Crippen LogP contribution is -2.53. The molecule has 180 valence electrons. The summed E-state index contributed by atoms with van der Waals surface area (Å²) in [6.07, 6.45) is 7.16. The molecule has 5 aliphatic rings. The van der Waals surface area contributed by atoms with Crippen molar-refractivity contribution in [3.8, 4) is 0 Å². The fourth-order valence-electron chi connectivity index (χ4n) is 7.06. The molecule has 0 radical (unpaired) electrons. The molecule has 1 N–H and O–H groups in total. The Bertz CT molecular complexity index is 977. The number of hydrogen-bond acceptors (Lipinski definition) is 4. The normalized spacial score (nSPS) is 31.5. The highest BCUT2D eigenvalue weighted by molar-refractivity contribution is 7.89. The number of carbonyl (C=O) groups excluding carboxylic acids is 2. The third-order valence-electron chi connectivity index (χ3n) is 8.46. The van der Waals surface area contributed by atoms with Crippen molar-refractivity contribution in [2.24, 2.45) is 23.2 Å². The highest BCUT2D eigenvalue weighted by Gasteiger charge is 2.54. The minimum Gasteiger partial charge on any atom is -0.352 e. The quantitative estimate of drug-likeness (QED) is 0.688. The molecule has 4 saturated carbocycles. The van der Waals surface area contributed by atoms with Gasteiger partial charge in [0.15, 0.2) is 0 Å². The van der Waals surface area contributed by atoms with Crippen LogP contribution in [0.4, 0.5) is 0 Å². The number of rotatable bonds is 6. The largest absolute Gasteiger partial charge is 0.352 e. The molecule has 1 aromatic carbocycles. The van der Waals surface area contributed by atoms with E-state index in [0.29, 0.717) is 38.3 Å². The average Bonchev–Trinajstić information content (AvgIpc) is 2.81. The molecule has 0 spiro atoms. The van der Waals surface area contributed by atoms with E-state index in [1.54, 1.807) is 11.8 Å². The molecule has 4 bridgehead atoms. The minimum atomic E-state index is -3.21. The van der Waals surface area contributed by atoms with Gasteiger partial charge in [-0.2, -0.15) is 4.31 Å². The first-order chi connectivity index (χ1) is 15.8. The zero-order valence-corrected chi connectivity index (χ0v) is 20.3. The summed E-state index contributed by atoms with van der Waals surface area (Å²) in [4.78, 5) is 27.7. The molecule has 1 heterocycles. The van der Waals surface area contributed by atoms with Crippen molar-refractivity contribution in [1.29, 1.82) is 0 Å². The van der Waals surface area contributed by atoms with Crippen LogP contribution >= 0.6 is 0 Å². The van der Waals surface area contributed by atoms with Gasteiger partial charge in [0.2, 0.25) is 15.9 Å². The molecule has 1 saturated heterocycles. The number of benzene rings is 1. The third-order valence-corrected chi connectivity index (χ3v) is 10.3. The van der Waals surface area contributed by atoms with Crippen molar-refractivity contribution in [3.63, 3.8) is 0 Å². The number of sulfonamides is 1. The molecule has 0 aromatic heterocycles. The van der Waals surface area contributed by atoms with Crippen molar-refractivity contribution in [2.45, 2.75) is 52.0 Å². The van der Waals surface area contributed by atoms with Gasteiger partial charge in [-0.25, -0.2) is 8.42 Å². The summed E-state index contributed by atoms with van der Waals surface area (Å²) in [7, 11) is -3.21. The van der Waals surface area contributed by atoms with E-state index in [1.165, 1.54) is 23.6 Å². The highest BCUT2D eigenvalue weighted by Crippen LogP contribution is 2.60. The number of carbonyl (C=O) groups is 2. The van der Waals surface area contributed by atoms with Gasteiger partial charge in [-0.15, -0.1) is 0 Å². The van der Waals surface area contributed by atoms with Gasteiger partial charge in [-0.3, -0.25) is 9.59 Å². The monoisotopic (exact) mass is 473 g/mol. The summed E-state index contributed by atoms with van der Waals surface area (Å²) in [6.45, 7) is 3.62. The maximum Gasteiger partial charge on any atom is 0.253 e. The van der Waals surface area contributed by atoms with Crippen LogP contribution < -0.4 is 5.32 Å². The summed E-state index contributed by atoms with van der Waals surface area (Å²) in [5.41, 5.74) is 1.44. The van der Waals surface area contributed by atoms with Crippen LogP contribution in [-0.2, 0) is 21.4 Å². The lowest BCUT2D eigenvalue weighted by molar-refractivity contribution is -0.146. The fourth-order valence-corrected chi connectivity index (χ4v) is 8.14. The van der Waals surface area contributed by atoms with Gasteiger partial charge in [0.25, 0.3) is 5.91 Å². The van der Waals surface area contributed by atoms with E-state index in [1.807, 2.05) is 24.3 Å². The smallest absolute Gasteiger partial charge is 0.253 e. The van der Waals surface area contributed by atoms with Crippen LogP contribution in [0.15, 0.2) is 24.3 Å². The van der Waals surface area contributed by atoms with E-state index in [0.717, 1.165) is 42.6 Å². The maximum atomic E-state index is 13.2. The standard InChI is InChI=1S/C25H35N3O4S/c1-2-33(31,32)28-9-7-27(8-10-28)23(29)22-5-3-18(4-6-22)17-26-24(30)25-14-19-11-20(15-25)13-21(12-19)16-25/h3-6,19-21H,2,7-17H2,1H3,(H,26,30). The summed E-state index contributed by atoms with van der Waals surface area (Å²) in [6, 6.07) is 7.43. The highest BCUT2D eigenvalue weighted by atomic mass is 32.2. The molecule has 1 aromatic rings. The zero-order valence-electron chi connectivity index (χ0n) is 19.5. The van der Waals surface area contributed by atoms with Gasteiger partial charge in [-0.05, 0) is 80.9 Å². The Morgan fingerprint density at radius 2 is 1.48 bits per heavy atom. The maximum absolute atomic E-state index is 13.2. The Balaban J connectivity index is 1.14. The predicted molar refractivity (Wildman–Crippen MR) is 126 cm³/mol. The van der Waals surface area contributed by atoms with Crippen molar-refractivity contribution in [1.82, 2.24) is 14.5 Å². The van der Waals surface area contributed by atoms with E-state index in [-0.39, 0.29) is 23.0 Å². The second-order valence-corrected chi connectivity index (χ2v) is 12.9. The second kappa shape index (κ2) is 8.69. The lowest BCUT2D eigenvalue weighted by Gasteiger charge is -2.55. The van der Waals surface area contributed by atoms with Crippen molar-refractivity contribution < 1.29 is 18.0 Å². The molecular formula is C25H35N3O4S. The van der Waals surface area contributed by atoms with Crippen LogP contribution in [0.3, 0.4) is 0 Å². The first kappa shape index (κ1) is 22.8. The summed E-state index contributed by atoms with van der Waals surface area (Å²) in [5, 5.41) is 3.20. The Labute approximate surface area is 196 Å². The van der Waals surface area contributed by atoms with Crippen LogP contribution in [0.2, 0.25) is 0 Å². The van der Waals surface area contributed by atoms with Gasteiger partial charge in [0, 0.05) is 43.7 Å². The second-order valence-electron chi connectivity index (χ2n) is 10.7. The lowest BCUT2D eigenvalue weighted by atomic mass is 9.49. The molecule has 0 unspecified atom stereocenters. The third kappa shape index (κ3) is 4.44. The number of nitrogens with one attached hydrogen (secondary N) is 1. The Morgan fingerprint density at radius 3 is 2.00 bits per heavy atom. The summed E-state index contributed by atoms with van der Waals surface area (Å²) >= 11 is 0. The Hall–Kier alpha value is -1.93. The van der Waals surface area contributed by atoms with E-state index in [9.17, 15) is 18.0 Å². The summed E-state index contributed by atoms with van der Waals surface area (Å²) in [5.74, 6) is 2.47. The van der Waals surface area contributed by atoms with Gasteiger partial charge in [0.1, 0.15) is 0 Å². The molecule has 2 amide bonds. The van der Waals surface area contributed by atoms with Gasteiger partial charge >= 0.3 is 0 Å². The zero-order chi connectivity index (χ0) is 23.2. The summed E-state index contributed by atoms with van der Waals surface area (Å²) < 4.78 is 25.5. The van der Waals surface area contributed by atoms with Crippen molar-refractivity contribution in [3.05, 3.63) is 35.4 Å². The Morgan fingerprint density at radius 1 is 0.939 bits per heavy atom. The molecule has 6 rings (SSSR count). The molecule has 7 nitrogen and oxygen atoms in total. The van der Waals surface area contributed by atoms with Crippen LogP contribution in [0.5, 0.6) is 0 Å². The molecular weight excluding hydrogens is 438 g/mol. The van der Waals surface area contributed by atoms with Crippen LogP contribution in [-0.4, -0.2) is 61.4 Å². The minimum absolute atomic E-state index is 0.0762. The van der Waals surface area contributed by atoms with Crippen LogP contribution in [0.25, 0.3) is 0 Å². The van der Waals surface area contributed by atoms with E-state index < -0.39 is 10.0 Å². The fraction of sp³-hybridized carbons (Fsp3) is 0.680. The first-order valence-corrected chi connectivity index (χ1v) is 14.0. The van der Waals surface area contributed by atoms with E-state index >= 15 is 0 Å². The number of amides is 2.